The molecular weight excluding hydrogens is 240 g/mol. The molecule has 1 aromatic carbocycles. The number of nitrogens with two attached hydrogens (primary N) is 1. The van der Waals surface area contributed by atoms with Gasteiger partial charge in [0.25, 0.3) is 0 Å². The predicted octanol–water partition coefficient (Wildman–Crippen LogP) is 2.40. The smallest absolute Gasteiger partial charge is 0.181 e. The van der Waals surface area contributed by atoms with Gasteiger partial charge in [-0.3, -0.25) is 0 Å². The van der Waals surface area contributed by atoms with Crippen LogP contribution in [0.15, 0.2) is 24.3 Å². The molecule has 5 heteroatoms. The second kappa shape index (κ2) is 5.01. The molecule has 0 saturated carbocycles. The fourth-order valence-corrected chi connectivity index (χ4v) is 2.47. The van der Waals surface area contributed by atoms with Crippen molar-refractivity contribution in [3.8, 4) is 11.4 Å². The van der Waals surface area contributed by atoms with Crippen molar-refractivity contribution in [2.24, 2.45) is 0 Å². The van der Waals surface area contributed by atoms with Gasteiger partial charge in [-0.05, 0) is 31.9 Å². The number of hydrogen-bond acceptors (Lipinski definition) is 4. The number of ether oxygens (including phenoxy) is 1. The molecule has 2 N–H and O–H groups in total. The number of rotatable bonds is 3. The summed E-state index contributed by atoms with van der Waals surface area (Å²) in [5, 5.41) is 4.56. The van der Waals surface area contributed by atoms with Crippen molar-refractivity contribution in [2.75, 3.05) is 12.3 Å². The topological polar surface area (TPSA) is 66.0 Å². The maximum atomic E-state index is 5.81. The molecule has 0 spiro atoms. The monoisotopic (exact) mass is 258 g/mol. The van der Waals surface area contributed by atoms with Gasteiger partial charge in [-0.15, -0.1) is 0 Å². The highest BCUT2D eigenvalue weighted by molar-refractivity contribution is 5.60. The minimum Gasteiger partial charge on any atom is -0.399 e. The van der Waals surface area contributed by atoms with Crippen LogP contribution in [0.1, 0.15) is 31.7 Å². The summed E-state index contributed by atoms with van der Waals surface area (Å²) in [5.41, 5.74) is 7.49. The Bertz CT molecular complexity index is 579. The van der Waals surface area contributed by atoms with Gasteiger partial charge in [0, 0.05) is 24.4 Å². The number of aryl methyl sites for hydroxylation is 1. The first-order valence-electron chi connectivity index (χ1n) is 6.70. The molecule has 1 aliphatic rings. The van der Waals surface area contributed by atoms with Gasteiger partial charge in [0.15, 0.2) is 11.6 Å². The van der Waals surface area contributed by atoms with Crippen LogP contribution in [-0.2, 0) is 11.3 Å². The normalized spacial score (nSPS) is 18.3. The molecular formula is C14H18N4O. The van der Waals surface area contributed by atoms with Crippen molar-refractivity contribution >= 4 is 5.69 Å². The Hall–Kier alpha value is -1.88. The summed E-state index contributed by atoms with van der Waals surface area (Å²) in [6.07, 6.45) is 2.17. The number of benzene rings is 1. The summed E-state index contributed by atoms with van der Waals surface area (Å²) in [6.45, 7) is 3.62. The minimum absolute atomic E-state index is 0.0704. The van der Waals surface area contributed by atoms with Gasteiger partial charge in [-0.1, -0.05) is 12.1 Å². The zero-order valence-corrected chi connectivity index (χ0v) is 11.0. The molecule has 1 aromatic heterocycles. The van der Waals surface area contributed by atoms with Crippen molar-refractivity contribution in [1.82, 2.24) is 14.8 Å². The average Bonchev–Trinajstić information content (AvgIpc) is 2.84. The molecule has 0 fully saturated rings. The molecule has 3 rings (SSSR count). The van der Waals surface area contributed by atoms with Crippen LogP contribution in [-0.4, -0.2) is 21.4 Å². The predicted molar refractivity (Wildman–Crippen MR) is 73.5 cm³/mol. The number of hydrogen-bond donors (Lipinski definition) is 1. The van der Waals surface area contributed by atoms with Crippen LogP contribution < -0.4 is 5.73 Å². The van der Waals surface area contributed by atoms with Gasteiger partial charge in [0.2, 0.25) is 0 Å². The van der Waals surface area contributed by atoms with E-state index in [2.05, 4.69) is 10.1 Å². The van der Waals surface area contributed by atoms with Gasteiger partial charge >= 0.3 is 0 Å². The van der Waals surface area contributed by atoms with E-state index in [-0.39, 0.29) is 6.10 Å². The standard InChI is InChI=1S/C14H18N4O/c1-2-19-12-7-4-8-18-14(12)16-13(17-18)10-5-3-6-11(15)9-10/h3,5-6,9,12H,2,4,7-8,15H2,1H3. The van der Waals surface area contributed by atoms with E-state index in [1.165, 1.54) is 0 Å². The van der Waals surface area contributed by atoms with Crippen molar-refractivity contribution in [1.29, 1.82) is 0 Å². The van der Waals surface area contributed by atoms with Gasteiger partial charge in [0.05, 0.1) is 0 Å². The lowest BCUT2D eigenvalue weighted by atomic mass is 10.1. The summed E-state index contributed by atoms with van der Waals surface area (Å²) >= 11 is 0. The van der Waals surface area contributed by atoms with E-state index < -0.39 is 0 Å². The fraction of sp³-hybridized carbons (Fsp3) is 0.429. The summed E-state index contributed by atoms with van der Waals surface area (Å²) in [7, 11) is 0. The fourth-order valence-electron chi connectivity index (χ4n) is 2.47. The van der Waals surface area contributed by atoms with E-state index in [4.69, 9.17) is 10.5 Å². The highest BCUT2D eigenvalue weighted by Crippen LogP contribution is 2.29. The second-order valence-corrected chi connectivity index (χ2v) is 4.73. The zero-order chi connectivity index (χ0) is 13.2. The first-order valence-corrected chi connectivity index (χ1v) is 6.70. The lowest BCUT2D eigenvalue weighted by Gasteiger charge is -2.21. The van der Waals surface area contributed by atoms with Crippen LogP contribution in [0.3, 0.4) is 0 Å². The van der Waals surface area contributed by atoms with Gasteiger partial charge in [-0.25, -0.2) is 9.67 Å². The van der Waals surface area contributed by atoms with Crippen LogP contribution >= 0.6 is 0 Å². The van der Waals surface area contributed by atoms with Crippen molar-refractivity contribution < 1.29 is 4.74 Å². The second-order valence-electron chi connectivity index (χ2n) is 4.73. The van der Waals surface area contributed by atoms with Crippen molar-refractivity contribution in [3.63, 3.8) is 0 Å². The third-order valence-corrected chi connectivity index (χ3v) is 3.34. The van der Waals surface area contributed by atoms with Crippen LogP contribution in [0, 0.1) is 0 Å². The third kappa shape index (κ3) is 2.33. The average molecular weight is 258 g/mol. The Kier molecular flexibility index (Phi) is 3.21. The van der Waals surface area contributed by atoms with Gasteiger partial charge in [0.1, 0.15) is 6.10 Å². The molecule has 5 nitrogen and oxygen atoms in total. The number of anilines is 1. The quantitative estimate of drug-likeness (QED) is 0.858. The van der Waals surface area contributed by atoms with Crippen LogP contribution in [0.25, 0.3) is 11.4 Å². The van der Waals surface area contributed by atoms with Crippen LogP contribution in [0.5, 0.6) is 0 Å². The summed E-state index contributed by atoms with van der Waals surface area (Å²) < 4.78 is 7.69. The van der Waals surface area contributed by atoms with E-state index in [0.717, 1.165) is 42.3 Å². The number of aromatic nitrogens is 3. The Morgan fingerprint density at radius 1 is 1.47 bits per heavy atom. The third-order valence-electron chi connectivity index (χ3n) is 3.34. The van der Waals surface area contributed by atoms with E-state index >= 15 is 0 Å². The molecule has 19 heavy (non-hydrogen) atoms. The molecule has 1 unspecified atom stereocenters. The number of nitrogen functional groups attached to an aromatic ring is 1. The SMILES string of the molecule is CCOC1CCCn2nc(-c3cccc(N)c3)nc21. The highest BCUT2D eigenvalue weighted by Gasteiger charge is 2.24. The Balaban J connectivity index is 1.97. The van der Waals surface area contributed by atoms with Crippen molar-refractivity contribution in [2.45, 2.75) is 32.4 Å². The first-order chi connectivity index (χ1) is 9.28. The molecule has 0 saturated heterocycles. The first kappa shape index (κ1) is 12.2. The molecule has 1 aliphatic heterocycles. The number of fused-ring (bicyclic) bond motifs is 1. The summed E-state index contributed by atoms with van der Waals surface area (Å²) in [6, 6.07) is 7.66. The Labute approximate surface area is 112 Å². The molecule has 2 aromatic rings. The van der Waals surface area contributed by atoms with Crippen molar-refractivity contribution in [3.05, 3.63) is 30.1 Å². The maximum absolute atomic E-state index is 5.81. The molecule has 0 radical (unpaired) electrons. The molecule has 0 aliphatic carbocycles. The Morgan fingerprint density at radius 2 is 2.37 bits per heavy atom. The lowest BCUT2D eigenvalue weighted by molar-refractivity contribution is 0.0350. The van der Waals surface area contributed by atoms with E-state index in [1.54, 1.807) is 0 Å². The minimum atomic E-state index is 0.0704. The molecule has 100 valence electrons. The van der Waals surface area contributed by atoms with E-state index in [9.17, 15) is 0 Å². The maximum Gasteiger partial charge on any atom is 0.181 e. The largest absolute Gasteiger partial charge is 0.399 e. The molecule has 0 bridgehead atoms. The highest BCUT2D eigenvalue weighted by atomic mass is 16.5. The number of nitrogens with zero attached hydrogens (tertiary/aromatic N) is 3. The Morgan fingerprint density at radius 3 is 3.16 bits per heavy atom. The molecule has 1 atom stereocenters. The zero-order valence-electron chi connectivity index (χ0n) is 11.0. The van der Waals surface area contributed by atoms with E-state index in [1.807, 2.05) is 35.9 Å². The molecule has 0 amide bonds. The lowest BCUT2D eigenvalue weighted by Crippen LogP contribution is -2.19. The summed E-state index contributed by atoms with van der Waals surface area (Å²) in [4.78, 5) is 4.63. The van der Waals surface area contributed by atoms with Crippen LogP contribution in [0.4, 0.5) is 5.69 Å². The van der Waals surface area contributed by atoms with Crippen LogP contribution in [0.2, 0.25) is 0 Å². The van der Waals surface area contributed by atoms with Gasteiger partial charge < -0.3 is 10.5 Å². The van der Waals surface area contributed by atoms with E-state index in [0.29, 0.717) is 6.61 Å². The molecule has 2 heterocycles. The van der Waals surface area contributed by atoms with Gasteiger partial charge in [-0.2, -0.15) is 5.10 Å². The summed E-state index contributed by atoms with van der Waals surface area (Å²) in [5.74, 6) is 1.67.